The highest BCUT2D eigenvalue weighted by atomic mass is 35.5. The summed E-state index contributed by atoms with van der Waals surface area (Å²) >= 11 is 5.36. The summed E-state index contributed by atoms with van der Waals surface area (Å²) < 4.78 is 0. The molecule has 0 aromatic carbocycles. The van der Waals surface area contributed by atoms with E-state index in [-0.39, 0.29) is 6.10 Å². The van der Waals surface area contributed by atoms with Gasteiger partial charge in [0.25, 0.3) is 0 Å². The average Bonchev–Trinajstić information content (AvgIpc) is 1.89. The molecule has 0 saturated heterocycles. The molecule has 2 heteroatoms. The SMILES string of the molecule is C=CCCC[C@@H](O)CCl. The molecule has 0 saturated carbocycles. The number of halogens is 1. The van der Waals surface area contributed by atoms with Crippen LogP contribution in [0, 0.1) is 0 Å². The van der Waals surface area contributed by atoms with Gasteiger partial charge in [-0.15, -0.1) is 18.2 Å². The van der Waals surface area contributed by atoms with Crippen LogP contribution in [-0.4, -0.2) is 17.1 Å². The van der Waals surface area contributed by atoms with E-state index in [4.69, 9.17) is 16.7 Å². The van der Waals surface area contributed by atoms with Gasteiger partial charge in [0.15, 0.2) is 0 Å². The first-order chi connectivity index (χ1) is 4.31. The van der Waals surface area contributed by atoms with Crippen molar-refractivity contribution in [2.75, 3.05) is 5.88 Å². The quantitative estimate of drug-likeness (QED) is 0.359. The maximum atomic E-state index is 8.92. The Morgan fingerprint density at radius 1 is 1.67 bits per heavy atom. The van der Waals surface area contributed by atoms with E-state index in [2.05, 4.69) is 6.58 Å². The molecule has 0 fully saturated rings. The Balaban J connectivity index is 2.96. The van der Waals surface area contributed by atoms with Crippen LogP contribution in [0.25, 0.3) is 0 Å². The van der Waals surface area contributed by atoms with Crippen LogP contribution in [0.4, 0.5) is 0 Å². The van der Waals surface area contributed by atoms with Crippen molar-refractivity contribution in [1.29, 1.82) is 0 Å². The van der Waals surface area contributed by atoms with Crippen molar-refractivity contribution >= 4 is 11.6 Å². The topological polar surface area (TPSA) is 20.2 Å². The molecule has 1 atom stereocenters. The molecule has 0 aromatic rings. The Morgan fingerprint density at radius 3 is 2.78 bits per heavy atom. The molecular weight excluding hydrogens is 136 g/mol. The molecule has 1 nitrogen and oxygen atoms in total. The second-order valence-electron chi connectivity index (χ2n) is 2.03. The van der Waals surface area contributed by atoms with Gasteiger partial charge in [-0.2, -0.15) is 0 Å². The van der Waals surface area contributed by atoms with Crippen molar-refractivity contribution in [3.05, 3.63) is 12.7 Å². The summed E-state index contributed by atoms with van der Waals surface area (Å²) in [6.45, 7) is 3.57. The third kappa shape index (κ3) is 5.87. The van der Waals surface area contributed by atoms with Gasteiger partial charge >= 0.3 is 0 Å². The molecule has 0 unspecified atom stereocenters. The summed E-state index contributed by atoms with van der Waals surface area (Å²) in [5, 5.41) is 8.92. The summed E-state index contributed by atoms with van der Waals surface area (Å²) in [7, 11) is 0. The standard InChI is InChI=1S/C7H13ClO/c1-2-3-4-5-7(9)6-8/h2,7,9H,1,3-6H2/t7-/m1/s1. The number of aliphatic hydroxyl groups excluding tert-OH is 1. The van der Waals surface area contributed by atoms with Gasteiger partial charge in [-0.25, -0.2) is 0 Å². The van der Waals surface area contributed by atoms with E-state index in [0.29, 0.717) is 5.88 Å². The first-order valence-corrected chi connectivity index (χ1v) is 3.69. The summed E-state index contributed by atoms with van der Waals surface area (Å²) in [5.41, 5.74) is 0. The fourth-order valence-electron chi connectivity index (χ4n) is 0.575. The smallest absolute Gasteiger partial charge is 0.0675 e. The van der Waals surface area contributed by atoms with Gasteiger partial charge in [-0.1, -0.05) is 6.08 Å². The molecule has 0 heterocycles. The van der Waals surface area contributed by atoms with Gasteiger partial charge in [-0.3, -0.25) is 0 Å². The van der Waals surface area contributed by atoms with Crippen LogP contribution in [-0.2, 0) is 0 Å². The van der Waals surface area contributed by atoms with Crippen LogP contribution >= 0.6 is 11.6 Å². The third-order valence-electron chi connectivity index (χ3n) is 1.12. The summed E-state index contributed by atoms with van der Waals surface area (Å²) in [5.74, 6) is 0.344. The van der Waals surface area contributed by atoms with Gasteiger partial charge in [0.05, 0.1) is 6.10 Å². The van der Waals surface area contributed by atoms with Crippen molar-refractivity contribution in [1.82, 2.24) is 0 Å². The number of alkyl halides is 1. The lowest BCUT2D eigenvalue weighted by Gasteiger charge is -2.02. The number of rotatable bonds is 5. The fourth-order valence-corrected chi connectivity index (χ4v) is 0.729. The Bertz CT molecular complexity index is 73.3. The third-order valence-corrected chi connectivity index (χ3v) is 1.48. The van der Waals surface area contributed by atoms with E-state index in [1.54, 1.807) is 0 Å². The molecular formula is C7H13ClO. The number of allylic oxidation sites excluding steroid dienone is 1. The highest BCUT2D eigenvalue weighted by molar-refractivity contribution is 6.18. The molecule has 54 valence electrons. The highest BCUT2D eigenvalue weighted by Crippen LogP contribution is 2.01. The van der Waals surface area contributed by atoms with Gasteiger partial charge in [0.2, 0.25) is 0 Å². The molecule has 9 heavy (non-hydrogen) atoms. The monoisotopic (exact) mass is 148 g/mol. The largest absolute Gasteiger partial charge is 0.392 e. The van der Waals surface area contributed by atoms with Crippen LogP contribution in [0.15, 0.2) is 12.7 Å². The zero-order valence-electron chi connectivity index (χ0n) is 5.52. The minimum Gasteiger partial charge on any atom is -0.392 e. The fraction of sp³-hybridized carbons (Fsp3) is 0.714. The summed E-state index contributed by atoms with van der Waals surface area (Å²) in [6.07, 6.45) is 4.26. The van der Waals surface area contributed by atoms with Crippen molar-refractivity contribution in [2.45, 2.75) is 25.4 Å². The van der Waals surface area contributed by atoms with Crippen molar-refractivity contribution in [3.8, 4) is 0 Å². The second-order valence-corrected chi connectivity index (χ2v) is 2.34. The Morgan fingerprint density at radius 2 is 2.33 bits per heavy atom. The van der Waals surface area contributed by atoms with Gasteiger partial charge < -0.3 is 5.11 Å². The summed E-state index contributed by atoms with van der Waals surface area (Å²) in [6, 6.07) is 0. The molecule has 0 aliphatic heterocycles. The number of hydrogen-bond donors (Lipinski definition) is 1. The van der Waals surface area contributed by atoms with Gasteiger partial charge in [-0.05, 0) is 19.3 Å². The molecule has 0 rings (SSSR count). The molecule has 0 radical (unpaired) electrons. The van der Waals surface area contributed by atoms with E-state index in [1.807, 2.05) is 6.08 Å². The molecule has 0 amide bonds. The van der Waals surface area contributed by atoms with Crippen molar-refractivity contribution in [3.63, 3.8) is 0 Å². The van der Waals surface area contributed by atoms with Crippen LogP contribution in [0.5, 0.6) is 0 Å². The predicted molar refractivity (Wildman–Crippen MR) is 40.8 cm³/mol. The lowest BCUT2D eigenvalue weighted by molar-refractivity contribution is 0.185. The molecule has 0 aromatic heterocycles. The van der Waals surface area contributed by atoms with Crippen LogP contribution in [0.1, 0.15) is 19.3 Å². The van der Waals surface area contributed by atoms with Crippen LogP contribution in [0.3, 0.4) is 0 Å². The molecule has 1 N–H and O–H groups in total. The van der Waals surface area contributed by atoms with Crippen LogP contribution in [0.2, 0.25) is 0 Å². The van der Waals surface area contributed by atoms with E-state index >= 15 is 0 Å². The Hall–Kier alpha value is -0.0100. The van der Waals surface area contributed by atoms with Gasteiger partial charge in [0, 0.05) is 5.88 Å². The second kappa shape index (κ2) is 6.12. The van der Waals surface area contributed by atoms with Crippen LogP contribution < -0.4 is 0 Å². The maximum absolute atomic E-state index is 8.92. The normalized spacial score (nSPS) is 13.1. The highest BCUT2D eigenvalue weighted by Gasteiger charge is 1.98. The predicted octanol–water partition coefficient (Wildman–Crippen LogP) is 1.94. The minimum absolute atomic E-state index is 0.327. The van der Waals surface area contributed by atoms with E-state index in [1.165, 1.54) is 0 Å². The Labute approximate surface area is 61.3 Å². The molecule has 0 spiro atoms. The lowest BCUT2D eigenvalue weighted by Crippen LogP contribution is -2.06. The van der Waals surface area contributed by atoms with Crippen molar-refractivity contribution < 1.29 is 5.11 Å². The minimum atomic E-state index is -0.327. The molecule has 0 aliphatic rings. The average molecular weight is 149 g/mol. The number of aliphatic hydroxyl groups is 1. The van der Waals surface area contributed by atoms with Gasteiger partial charge in [0.1, 0.15) is 0 Å². The van der Waals surface area contributed by atoms with E-state index in [9.17, 15) is 0 Å². The van der Waals surface area contributed by atoms with E-state index in [0.717, 1.165) is 19.3 Å². The van der Waals surface area contributed by atoms with Crippen molar-refractivity contribution in [2.24, 2.45) is 0 Å². The zero-order chi connectivity index (χ0) is 7.11. The first-order valence-electron chi connectivity index (χ1n) is 3.16. The lowest BCUT2D eigenvalue weighted by atomic mass is 10.2. The zero-order valence-corrected chi connectivity index (χ0v) is 6.27. The number of hydrogen-bond acceptors (Lipinski definition) is 1. The molecule has 0 aliphatic carbocycles. The number of unbranched alkanes of at least 4 members (excludes halogenated alkanes) is 1. The molecule has 0 bridgehead atoms. The first kappa shape index (κ1) is 8.99. The maximum Gasteiger partial charge on any atom is 0.0675 e. The summed E-state index contributed by atoms with van der Waals surface area (Å²) in [4.78, 5) is 0. The van der Waals surface area contributed by atoms with E-state index < -0.39 is 0 Å². The Kier molecular flexibility index (Phi) is 6.11.